The van der Waals surface area contributed by atoms with Crippen LogP contribution in [0.4, 0.5) is 0 Å². The molecule has 40 heavy (non-hydrogen) atoms. The minimum Gasteiger partial charge on any atom is -0.481 e. The highest BCUT2D eigenvalue weighted by Gasteiger charge is 2.25. The Morgan fingerprint density at radius 2 is 0.775 bits per heavy atom. The number of rotatable bonds is 31. The van der Waals surface area contributed by atoms with Crippen LogP contribution in [0.3, 0.4) is 0 Å². The minimum atomic E-state index is -0.846. The molecule has 0 amide bonds. The highest BCUT2D eigenvalue weighted by atomic mass is 16.4. The molecule has 0 aliphatic heterocycles. The van der Waals surface area contributed by atoms with Crippen molar-refractivity contribution in [1.29, 1.82) is 0 Å². The Bertz CT molecular complexity index is 613. The van der Waals surface area contributed by atoms with Crippen LogP contribution in [0.15, 0.2) is 12.3 Å². The molecular formula is C33H62NO6+. The summed E-state index contributed by atoms with van der Waals surface area (Å²) in [4.78, 5) is 33.2. The lowest BCUT2D eigenvalue weighted by molar-refractivity contribution is -0.880. The molecule has 0 spiro atoms. The molecule has 0 bridgehead atoms. The zero-order valence-electron chi connectivity index (χ0n) is 25.8. The number of carboxylic acid groups (broad SMARTS) is 3. The van der Waals surface area contributed by atoms with Crippen molar-refractivity contribution < 1.29 is 34.2 Å². The highest BCUT2D eigenvalue weighted by molar-refractivity contribution is 5.67. The van der Waals surface area contributed by atoms with Crippen LogP contribution in [0, 0.1) is 0 Å². The molecule has 0 unspecified atom stereocenters. The van der Waals surface area contributed by atoms with E-state index in [0.717, 1.165) is 12.8 Å². The fraction of sp³-hybridized carbons (Fsp3) is 0.848. The van der Waals surface area contributed by atoms with Crippen LogP contribution >= 0.6 is 0 Å². The van der Waals surface area contributed by atoms with Gasteiger partial charge in [0.2, 0.25) is 0 Å². The van der Waals surface area contributed by atoms with Crippen molar-refractivity contribution in [2.75, 3.05) is 19.6 Å². The Balaban J connectivity index is 4.19. The molecule has 234 valence electrons. The maximum absolute atomic E-state index is 11.1. The monoisotopic (exact) mass is 568 g/mol. The van der Waals surface area contributed by atoms with E-state index in [0.29, 0.717) is 43.4 Å². The van der Waals surface area contributed by atoms with E-state index in [1.165, 1.54) is 103 Å². The molecule has 3 N–H and O–H groups in total. The zero-order chi connectivity index (χ0) is 29.7. The number of quaternary nitrogens is 1. The van der Waals surface area contributed by atoms with E-state index in [-0.39, 0.29) is 19.3 Å². The first-order valence-corrected chi connectivity index (χ1v) is 16.5. The lowest BCUT2D eigenvalue weighted by Gasteiger charge is -2.35. The summed E-state index contributed by atoms with van der Waals surface area (Å²) in [5.74, 6) is -2.54. The normalized spacial score (nSPS) is 11.8. The number of aliphatic carboxylic acids is 3. The summed E-state index contributed by atoms with van der Waals surface area (Å²) in [5, 5.41) is 27.2. The second-order valence-electron chi connectivity index (χ2n) is 11.7. The van der Waals surface area contributed by atoms with Gasteiger partial charge in [0.25, 0.3) is 0 Å². The quantitative estimate of drug-likeness (QED) is 0.0568. The predicted octanol–water partition coefficient (Wildman–Crippen LogP) is 8.95. The van der Waals surface area contributed by atoms with Crippen LogP contribution < -0.4 is 0 Å². The molecule has 0 radical (unpaired) electrons. The third-order valence-electron chi connectivity index (χ3n) is 7.88. The van der Waals surface area contributed by atoms with Crippen molar-refractivity contribution in [3.05, 3.63) is 12.3 Å². The molecule has 7 nitrogen and oxygen atoms in total. The van der Waals surface area contributed by atoms with Gasteiger partial charge in [0, 0.05) is 19.3 Å². The van der Waals surface area contributed by atoms with Gasteiger partial charge in [-0.15, -0.1) is 0 Å². The van der Waals surface area contributed by atoms with Crippen molar-refractivity contribution in [3.8, 4) is 0 Å². The van der Waals surface area contributed by atoms with E-state index in [9.17, 15) is 14.4 Å². The predicted molar refractivity (Wildman–Crippen MR) is 163 cm³/mol. The number of hydrogen-bond acceptors (Lipinski definition) is 3. The highest BCUT2D eigenvalue weighted by Crippen LogP contribution is 2.18. The fourth-order valence-corrected chi connectivity index (χ4v) is 5.48. The van der Waals surface area contributed by atoms with Crippen molar-refractivity contribution in [1.82, 2.24) is 0 Å². The number of hydrogen-bond donors (Lipinski definition) is 3. The number of allylic oxidation sites excluding steroid dienone is 1. The summed E-state index contributed by atoms with van der Waals surface area (Å²) >= 11 is 0. The Labute approximate surface area is 245 Å². The van der Waals surface area contributed by atoms with Gasteiger partial charge < -0.3 is 15.3 Å². The van der Waals surface area contributed by atoms with Gasteiger partial charge in [-0.2, -0.15) is 0 Å². The fourth-order valence-electron chi connectivity index (χ4n) is 5.48. The molecule has 7 heteroatoms. The lowest BCUT2D eigenvalue weighted by Crippen LogP contribution is -2.45. The average Bonchev–Trinajstić information content (AvgIpc) is 2.89. The molecule has 0 saturated carbocycles. The first-order chi connectivity index (χ1) is 19.3. The van der Waals surface area contributed by atoms with Crippen LogP contribution in [0.1, 0.15) is 161 Å². The van der Waals surface area contributed by atoms with E-state index in [4.69, 9.17) is 15.3 Å². The summed E-state index contributed by atoms with van der Waals surface area (Å²) in [6, 6.07) is 0. The molecule has 0 aliphatic rings. The van der Waals surface area contributed by atoms with E-state index in [1.54, 1.807) is 0 Å². The van der Waals surface area contributed by atoms with Gasteiger partial charge in [0.1, 0.15) is 0 Å². The van der Waals surface area contributed by atoms with Gasteiger partial charge in [-0.1, -0.05) is 110 Å². The Morgan fingerprint density at radius 3 is 1.07 bits per heavy atom. The van der Waals surface area contributed by atoms with Crippen LogP contribution in [0.2, 0.25) is 0 Å². The Hall–Kier alpha value is -1.89. The van der Waals surface area contributed by atoms with Gasteiger partial charge in [0.15, 0.2) is 0 Å². The van der Waals surface area contributed by atoms with Crippen molar-refractivity contribution in [3.63, 3.8) is 0 Å². The number of unbranched alkanes of at least 4 members (excludes halogenated alkanes) is 17. The molecule has 0 aromatic carbocycles. The topological polar surface area (TPSA) is 112 Å². The number of carbonyl (C=O) groups is 3. The summed E-state index contributed by atoms with van der Waals surface area (Å²) in [6.45, 7) is 4.02. The molecule has 0 fully saturated rings. The largest absolute Gasteiger partial charge is 0.481 e. The molecule has 0 aliphatic carbocycles. The summed E-state index contributed by atoms with van der Waals surface area (Å²) < 4.78 is 0.465. The van der Waals surface area contributed by atoms with Gasteiger partial charge in [-0.05, 0) is 18.9 Å². The van der Waals surface area contributed by atoms with E-state index < -0.39 is 17.9 Å². The number of nitrogens with zero attached hydrogens (tertiary/aromatic N) is 1. The molecule has 0 aromatic heterocycles. The van der Waals surface area contributed by atoms with E-state index in [2.05, 4.69) is 19.2 Å². The summed E-state index contributed by atoms with van der Waals surface area (Å²) in [7, 11) is 0. The molecule has 0 rings (SSSR count). The zero-order valence-corrected chi connectivity index (χ0v) is 25.8. The molecule has 0 heterocycles. The third-order valence-corrected chi connectivity index (χ3v) is 7.88. The van der Waals surface area contributed by atoms with Crippen LogP contribution in [0.5, 0.6) is 0 Å². The second-order valence-corrected chi connectivity index (χ2v) is 11.7. The first-order valence-electron chi connectivity index (χ1n) is 16.5. The van der Waals surface area contributed by atoms with Gasteiger partial charge in [-0.25, -0.2) is 0 Å². The lowest BCUT2D eigenvalue weighted by atomic mass is 10.0. The van der Waals surface area contributed by atoms with Crippen molar-refractivity contribution >= 4 is 17.9 Å². The third kappa shape index (κ3) is 26.3. The van der Waals surface area contributed by atoms with Crippen LogP contribution in [0.25, 0.3) is 0 Å². The van der Waals surface area contributed by atoms with Crippen LogP contribution in [-0.4, -0.2) is 57.3 Å². The standard InChI is InChI=1S/C33H61NO6/c1-2-3-4-5-6-7-8-9-10-11-12-13-14-15-16-17-18-19-20-27-34(28-21-24-31(35)36,29-22-25-32(37)38)30-23-26-33(39)40/h20,27H,2-19,21-26,28-30H2,1H3,(H2-,35,36,37,38,39,40)/p+1/b27-20+. The van der Waals surface area contributed by atoms with Crippen molar-refractivity contribution in [2.24, 2.45) is 0 Å². The maximum atomic E-state index is 11.1. The van der Waals surface area contributed by atoms with Crippen LogP contribution in [-0.2, 0) is 14.4 Å². The molecular weight excluding hydrogens is 506 g/mol. The SMILES string of the molecule is CCCCCCCCCCCCCCCCCCC/C=C/[N+](CCCC(=O)O)(CCCC(=O)O)CCCC(=O)O. The Morgan fingerprint density at radius 1 is 0.475 bits per heavy atom. The van der Waals surface area contributed by atoms with Crippen molar-refractivity contribution in [2.45, 2.75) is 161 Å². The minimum absolute atomic E-state index is 0.0604. The maximum Gasteiger partial charge on any atom is 0.303 e. The second kappa shape index (κ2) is 27.3. The molecule has 0 saturated heterocycles. The molecule has 0 atom stereocenters. The van der Waals surface area contributed by atoms with Gasteiger partial charge in [-0.3, -0.25) is 18.9 Å². The van der Waals surface area contributed by atoms with Gasteiger partial charge in [0.05, 0.1) is 45.1 Å². The smallest absolute Gasteiger partial charge is 0.303 e. The van der Waals surface area contributed by atoms with E-state index >= 15 is 0 Å². The first kappa shape index (κ1) is 38.1. The van der Waals surface area contributed by atoms with E-state index in [1.807, 2.05) is 0 Å². The number of carboxylic acids is 3. The van der Waals surface area contributed by atoms with Gasteiger partial charge >= 0.3 is 17.9 Å². The summed E-state index contributed by atoms with van der Waals surface area (Å²) in [6.07, 6.45) is 29.7. The Kier molecular flexibility index (Phi) is 26.0. The molecule has 0 aromatic rings. The summed E-state index contributed by atoms with van der Waals surface area (Å²) in [5.41, 5.74) is 0. The average molecular weight is 569 g/mol.